The number of pyridine rings is 1. The second-order valence-corrected chi connectivity index (χ2v) is 8.48. The van der Waals surface area contributed by atoms with Crippen LogP contribution in [0.3, 0.4) is 0 Å². The van der Waals surface area contributed by atoms with Crippen LogP contribution in [0.1, 0.15) is 36.9 Å². The lowest BCUT2D eigenvalue weighted by Gasteiger charge is -2.38. The SMILES string of the molecule is CCOC(=O)N1CCC(N2C(=O)C(=O)/C(=C(\O)c3ccc4c(c3)OCO4)C2c2cccnc2)CC1. The third-order valence-corrected chi connectivity index (χ3v) is 6.51. The van der Waals surface area contributed by atoms with E-state index in [9.17, 15) is 19.5 Å². The van der Waals surface area contributed by atoms with Crippen LogP contribution in [0, 0.1) is 0 Å². The fourth-order valence-electron chi connectivity index (χ4n) is 4.83. The second kappa shape index (κ2) is 9.28. The van der Waals surface area contributed by atoms with Gasteiger partial charge in [-0.05, 0) is 49.6 Å². The van der Waals surface area contributed by atoms with Gasteiger partial charge in [-0.3, -0.25) is 14.6 Å². The minimum absolute atomic E-state index is 0.00492. The summed E-state index contributed by atoms with van der Waals surface area (Å²) in [6, 6.07) is 7.24. The van der Waals surface area contributed by atoms with E-state index in [0.717, 1.165) is 0 Å². The number of aliphatic hydroxyl groups is 1. The monoisotopic (exact) mass is 479 g/mol. The summed E-state index contributed by atoms with van der Waals surface area (Å²) in [6.45, 7) is 2.90. The third kappa shape index (κ3) is 4.05. The normalized spacial score (nSPS) is 21.5. The highest BCUT2D eigenvalue weighted by Gasteiger charge is 2.49. The lowest BCUT2D eigenvalue weighted by atomic mass is 9.94. The highest BCUT2D eigenvalue weighted by molar-refractivity contribution is 6.46. The van der Waals surface area contributed by atoms with E-state index >= 15 is 0 Å². The Labute approximate surface area is 201 Å². The van der Waals surface area contributed by atoms with Crippen LogP contribution in [0.4, 0.5) is 4.79 Å². The van der Waals surface area contributed by atoms with E-state index in [4.69, 9.17) is 14.2 Å². The highest BCUT2D eigenvalue weighted by atomic mass is 16.7. The van der Waals surface area contributed by atoms with E-state index in [1.807, 2.05) is 0 Å². The predicted octanol–water partition coefficient (Wildman–Crippen LogP) is 2.85. The van der Waals surface area contributed by atoms with Crippen molar-refractivity contribution in [3.05, 3.63) is 59.4 Å². The van der Waals surface area contributed by atoms with E-state index in [1.165, 1.54) is 4.90 Å². The van der Waals surface area contributed by atoms with Crippen molar-refractivity contribution in [2.45, 2.75) is 31.8 Å². The molecule has 2 fully saturated rings. The van der Waals surface area contributed by atoms with Crippen molar-refractivity contribution in [2.24, 2.45) is 0 Å². The summed E-state index contributed by atoms with van der Waals surface area (Å²) in [4.78, 5) is 46.0. The Kier molecular flexibility index (Phi) is 6.02. The maximum Gasteiger partial charge on any atom is 0.409 e. The number of rotatable bonds is 4. The number of aromatic nitrogens is 1. The molecule has 0 aliphatic carbocycles. The van der Waals surface area contributed by atoms with Crippen LogP contribution in [0.2, 0.25) is 0 Å². The number of amides is 2. The van der Waals surface area contributed by atoms with Crippen molar-refractivity contribution in [3.63, 3.8) is 0 Å². The number of Topliss-reactive ketones (excluding diaryl/α,β-unsaturated/α-hetero) is 1. The quantitative estimate of drug-likeness (QED) is 0.404. The molecule has 3 aliphatic rings. The molecule has 2 aromatic rings. The Morgan fingerprint density at radius 3 is 2.66 bits per heavy atom. The van der Waals surface area contributed by atoms with E-state index in [-0.39, 0.29) is 36.9 Å². The van der Waals surface area contributed by atoms with Gasteiger partial charge in [-0.2, -0.15) is 0 Å². The molecular weight excluding hydrogens is 454 g/mol. The van der Waals surface area contributed by atoms with E-state index in [0.29, 0.717) is 48.6 Å². The molecule has 10 heteroatoms. The van der Waals surface area contributed by atoms with Crippen LogP contribution in [-0.4, -0.2) is 70.2 Å². The first-order valence-electron chi connectivity index (χ1n) is 11.5. The number of piperidine rings is 1. The first-order valence-corrected chi connectivity index (χ1v) is 11.5. The average molecular weight is 479 g/mol. The number of ether oxygens (including phenoxy) is 3. The lowest BCUT2D eigenvalue weighted by Crippen LogP contribution is -2.48. The third-order valence-electron chi connectivity index (χ3n) is 6.51. The van der Waals surface area contributed by atoms with Gasteiger partial charge in [0.15, 0.2) is 11.5 Å². The largest absolute Gasteiger partial charge is 0.507 e. The van der Waals surface area contributed by atoms with Crippen LogP contribution >= 0.6 is 0 Å². The molecule has 1 N–H and O–H groups in total. The average Bonchev–Trinajstić information content (AvgIpc) is 3.46. The summed E-state index contributed by atoms with van der Waals surface area (Å²) in [5.74, 6) is -0.744. The van der Waals surface area contributed by atoms with E-state index < -0.39 is 17.7 Å². The molecule has 0 bridgehead atoms. The molecule has 0 radical (unpaired) electrons. The number of nitrogens with zero attached hydrogens (tertiary/aromatic N) is 3. The Bertz CT molecular complexity index is 1190. The molecule has 1 aromatic carbocycles. The van der Waals surface area contributed by atoms with Gasteiger partial charge in [0.05, 0.1) is 18.2 Å². The Balaban J connectivity index is 1.51. The molecule has 1 aromatic heterocycles. The molecule has 10 nitrogen and oxygen atoms in total. The van der Waals surface area contributed by atoms with Crippen LogP contribution in [0.25, 0.3) is 5.76 Å². The number of carbonyl (C=O) groups excluding carboxylic acids is 3. The molecule has 2 amide bonds. The minimum Gasteiger partial charge on any atom is -0.507 e. The van der Waals surface area contributed by atoms with Crippen molar-refractivity contribution in [2.75, 3.05) is 26.5 Å². The molecule has 5 rings (SSSR count). The van der Waals surface area contributed by atoms with Gasteiger partial charge >= 0.3 is 6.09 Å². The molecule has 182 valence electrons. The molecule has 1 atom stereocenters. The van der Waals surface area contributed by atoms with E-state index in [1.54, 1.807) is 54.5 Å². The molecule has 2 saturated heterocycles. The van der Waals surface area contributed by atoms with Gasteiger partial charge in [0.25, 0.3) is 11.7 Å². The van der Waals surface area contributed by atoms with Crippen LogP contribution in [0.15, 0.2) is 48.3 Å². The molecule has 1 unspecified atom stereocenters. The standard InChI is InChI=1S/C25H25N3O7/c1-2-33-25(32)27-10-7-17(8-11-27)28-21(16-4-3-9-26-13-16)20(23(30)24(28)31)22(29)15-5-6-18-19(12-15)35-14-34-18/h3-6,9,12-13,17,21,29H,2,7-8,10-11,14H2,1H3/b22-20-. The van der Waals surface area contributed by atoms with Crippen LogP contribution in [-0.2, 0) is 14.3 Å². The van der Waals surface area contributed by atoms with Crippen LogP contribution in [0.5, 0.6) is 11.5 Å². The number of ketones is 1. The molecule has 3 aliphatic heterocycles. The summed E-state index contributed by atoms with van der Waals surface area (Å²) in [5, 5.41) is 11.3. The summed E-state index contributed by atoms with van der Waals surface area (Å²) in [6.07, 6.45) is 3.76. The Morgan fingerprint density at radius 1 is 1.17 bits per heavy atom. The predicted molar refractivity (Wildman–Crippen MR) is 123 cm³/mol. The van der Waals surface area contributed by atoms with Gasteiger partial charge in [0.2, 0.25) is 6.79 Å². The summed E-state index contributed by atoms with van der Waals surface area (Å²) >= 11 is 0. The van der Waals surface area contributed by atoms with Gasteiger partial charge in [0.1, 0.15) is 5.76 Å². The first-order chi connectivity index (χ1) is 17.0. The number of carbonyl (C=O) groups is 3. The summed E-state index contributed by atoms with van der Waals surface area (Å²) in [5.41, 5.74) is 0.953. The van der Waals surface area contributed by atoms with Gasteiger partial charge in [-0.25, -0.2) is 4.79 Å². The van der Waals surface area contributed by atoms with Crippen molar-refractivity contribution in [3.8, 4) is 11.5 Å². The van der Waals surface area contributed by atoms with Gasteiger partial charge < -0.3 is 29.1 Å². The van der Waals surface area contributed by atoms with E-state index in [2.05, 4.69) is 4.98 Å². The lowest BCUT2D eigenvalue weighted by molar-refractivity contribution is -0.142. The molecular formula is C25H25N3O7. The van der Waals surface area contributed by atoms with Crippen molar-refractivity contribution in [1.82, 2.24) is 14.8 Å². The fourth-order valence-corrected chi connectivity index (χ4v) is 4.83. The number of likely N-dealkylation sites (tertiary alicyclic amines) is 2. The minimum atomic E-state index is -0.812. The van der Waals surface area contributed by atoms with Crippen molar-refractivity contribution < 1.29 is 33.7 Å². The number of aliphatic hydroxyl groups excluding tert-OH is 1. The molecule has 35 heavy (non-hydrogen) atoms. The maximum absolute atomic E-state index is 13.3. The number of fused-ring (bicyclic) bond motifs is 1. The highest BCUT2D eigenvalue weighted by Crippen LogP contribution is 2.43. The zero-order valence-electron chi connectivity index (χ0n) is 19.2. The number of benzene rings is 1. The van der Waals surface area contributed by atoms with Crippen LogP contribution < -0.4 is 9.47 Å². The molecule has 4 heterocycles. The zero-order valence-corrected chi connectivity index (χ0v) is 19.2. The first kappa shape index (κ1) is 22.7. The number of hydrogen-bond acceptors (Lipinski definition) is 8. The molecule has 0 spiro atoms. The fraction of sp³-hybridized carbons (Fsp3) is 0.360. The Morgan fingerprint density at radius 2 is 1.94 bits per heavy atom. The maximum atomic E-state index is 13.3. The Hall–Kier alpha value is -4.08. The van der Waals surface area contributed by atoms with Gasteiger partial charge in [-0.1, -0.05) is 6.07 Å². The van der Waals surface area contributed by atoms with Crippen molar-refractivity contribution in [1.29, 1.82) is 0 Å². The number of hydrogen-bond donors (Lipinski definition) is 1. The molecule has 0 saturated carbocycles. The second-order valence-electron chi connectivity index (χ2n) is 8.48. The van der Waals surface area contributed by atoms with Crippen molar-refractivity contribution >= 4 is 23.5 Å². The summed E-state index contributed by atoms with van der Waals surface area (Å²) < 4.78 is 15.8. The topological polar surface area (TPSA) is 119 Å². The van der Waals surface area contributed by atoms with Gasteiger partial charge in [-0.15, -0.1) is 0 Å². The smallest absolute Gasteiger partial charge is 0.409 e. The summed E-state index contributed by atoms with van der Waals surface area (Å²) in [7, 11) is 0. The van der Waals surface area contributed by atoms with Gasteiger partial charge in [0, 0.05) is 37.1 Å². The zero-order chi connectivity index (χ0) is 24.5.